The van der Waals surface area contributed by atoms with Crippen molar-refractivity contribution in [3.8, 4) is 0 Å². The molecule has 4 nitrogen and oxygen atoms in total. The van der Waals surface area contributed by atoms with Crippen molar-refractivity contribution in [3.05, 3.63) is 0 Å². The Hall–Kier alpha value is -0.450. The van der Waals surface area contributed by atoms with Crippen LogP contribution in [0, 0.1) is 11.3 Å². The van der Waals surface area contributed by atoms with Crippen LogP contribution in [0.4, 0.5) is 0 Å². The highest BCUT2D eigenvalue weighted by Crippen LogP contribution is 2.38. The summed E-state index contributed by atoms with van der Waals surface area (Å²) in [7, 11) is 0. The molecule has 0 aromatic carbocycles. The van der Waals surface area contributed by atoms with Crippen LogP contribution in [-0.4, -0.2) is 55.2 Å². The number of nitrogens with zero attached hydrogens (tertiary/aromatic N) is 1. The van der Waals surface area contributed by atoms with Crippen molar-refractivity contribution in [2.24, 2.45) is 11.3 Å². The number of rotatable bonds is 4. The first-order valence-corrected chi connectivity index (χ1v) is 7.08. The van der Waals surface area contributed by atoms with E-state index in [1.807, 2.05) is 0 Å². The lowest BCUT2D eigenvalue weighted by Gasteiger charge is -2.43. The Labute approximate surface area is 109 Å². The van der Waals surface area contributed by atoms with Gasteiger partial charge in [0.1, 0.15) is 6.29 Å². The van der Waals surface area contributed by atoms with Crippen molar-refractivity contribution in [3.63, 3.8) is 0 Å². The van der Waals surface area contributed by atoms with Crippen LogP contribution in [0.5, 0.6) is 0 Å². The van der Waals surface area contributed by atoms with Gasteiger partial charge in [0.2, 0.25) is 0 Å². The standard InChI is InChI=1S/C14H25NO3/c1-12-3-2-4-14(7-12,11-17)10-15-5-6-18-9-13(15)8-16/h11-13,16H,2-10H2,1H3. The fraction of sp³-hybridized carbons (Fsp3) is 0.929. The van der Waals surface area contributed by atoms with Gasteiger partial charge in [-0.25, -0.2) is 0 Å². The van der Waals surface area contributed by atoms with E-state index in [9.17, 15) is 9.90 Å². The molecule has 3 atom stereocenters. The molecule has 3 unspecified atom stereocenters. The second-order valence-corrected chi connectivity index (χ2v) is 6.06. The number of aliphatic hydroxyl groups is 1. The third-order valence-corrected chi connectivity index (χ3v) is 4.45. The number of aldehydes is 1. The summed E-state index contributed by atoms with van der Waals surface area (Å²) in [5.41, 5.74) is -0.192. The van der Waals surface area contributed by atoms with Crippen LogP contribution in [0.15, 0.2) is 0 Å². The van der Waals surface area contributed by atoms with Crippen LogP contribution in [0.3, 0.4) is 0 Å². The third-order valence-electron chi connectivity index (χ3n) is 4.45. The number of ether oxygens (including phenoxy) is 1. The quantitative estimate of drug-likeness (QED) is 0.764. The summed E-state index contributed by atoms with van der Waals surface area (Å²) in [4.78, 5) is 13.8. The van der Waals surface area contributed by atoms with Crippen LogP contribution in [-0.2, 0) is 9.53 Å². The molecule has 1 aliphatic heterocycles. The Morgan fingerprint density at radius 3 is 3.06 bits per heavy atom. The van der Waals surface area contributed by atoms with Gasteiger partial charge in [0, 0.05) is 18.5 Å². The smallest absolute Gasteiger partial charge is 0.127 e. The molecule has 104 valence electrons. The Morgan fingerprint density at radius 2 is 2.39 bits per heavy atom. The van der Waals surface area contributed by atoms with Gasteiger partial charge in [-0.2, -0.15) is 0 Å². The van der Waals surface area contributed by atoms with Gasteiger partial charge in [0.25, 0.3) is 0 Å². The molecule has 1 aliphatic carbocycles. The maximum absolute atomic E-state index is 11.6. The molecule has 2 aliphatic rings. The first kappa shape index (κ1) is 14.0. The molecule has 18 heavy (non-hydrogen) atoms. The average Bonchev–Trinajstić information content (AvgIpc) is 2.39. The predicted molar refractivity (Wildman–Crippen MR) is 69.4 cm³/mol. The summed E-state index contributed by atoms with van der Waals surface area (Å²) in [5, 5.41) is 9.39. The number of morpholine rings is 1. The van der Waals surface area contributed by atoms with Crippen LogP contribution in [0.2, 0.25) is 0 Å². The van der Waals surface area contributed by atoms with E-state index in [-0.39, 0.29) is 18.1 Å². The zero-order valence-corrected chi connectivity index (χ0v) is 11.3. The molecule has 1 heterocycles. The van der Waals surface area contributed by atoms with E-state index in [0.29, 0.717) is 19.1 Å². The number of carbonyl (C=O) groups excluding carboxylic acids is 1. The van der Waals surface area contributed by atoms with Gasteiger partial charge >= 0.3 is 0 Å². The molecule has 0 aromatic heterocycles. The molecule has 1 saturated heterocycles. The molecule has 0 amide bonds. The van der Waals surface area contributed by atoms with Gasteiger partial charge in [-0.3, -0.25) is 4.90 Å². The van der Waals surface area contributed by atoms with Crippen LogP contribution < -0.4 is 0 Å². The SMILES string of the molecule is CC1CCCC(C=O)(CN2CCOCC2CO)C1. The summed E-state index contributed by atoms with van der Waals surface area (Å²) >= 11 is 0. The van der Waals surface area contributed by atoms with Gasteiger partial charge in [-0.15, -0.1) is 0 Å². The molecule has 4 heteroatoms. The average molecular weight is 255 g/mol. The fourth-order valence-electron chi connectivity index (χ4n) is 3.46. The summed E-state index contributed by atoms with van der Waals surface area (Å²) in [6, 6.07) is 0.0628. The minimum absolute atomic E-state index is 0.0628. The highest BCUT2D eigenvalue weighted by Gasteiger charge is 2.38. The normalized spacial score (nSPS) is 38.6. The molecular weight excluding hydrogens is 230 g/mol. The lowest BCUT2D eigenvalue weighted by Crippen LogP contribution is -2.52. The molecule has 0 radical (unpaired) electrons. The maximum atomic E-state index is 11.6. The van der Waals surface area contributed by atoms with Crippen molar-refractivity contribution >= 4 is 6.29 Å². The van der Waals surface area contributed by atoms with E-state index in [0.717, 1.165) is 32.4 Å². The molecule has 1 saturated carbocycles. The third kappa shape index (κ3) is 3.11. The second-order valence-electron chi connectivity index (χ2n) is 6.06. The van der Waals surface area contributed by atoms with E-state index in [1.165, 1.54) is 12.7 Å². The zero-order chi connectivity index (χ0) is 13.0. The van der Waals surface area contributed by atoms with Crippen molar-refractivity contribution < 1.29 is 14.6 Å². The van der Waals surface area contributed by atoms with Gasteiger partial charge in [0.05, 0.1) is 25.9 Å². The molecule has 1 N–H and O–H groups in total. The van der Waals surface area contributed by atoms with E-state index in [4.69, 9.17) is 4.74 Å². The van der Waals surface area contributed by atoms with E-state index in [1.54, 1.807) is 0 Å². The summed E-state index contributed by atoms with van der Waals surface area (Å²) in [6.45, 7) is 5.26. The summed E-state index contributed by atoms with van der Waals surface area (Å²) < 4.78 is 5.39. The number of hydrogen-bond acceptors (Lipinski definition) is 4. The predicted octanol–water partition coefficient (Wildman–Crippen LogP) is 1.07. The second kappa shape index (κ2) is 6.13. The van der Waals surface area contributed by atoms with Crippen molar-refractivity contribution in [1.29, 1.82) is 0 Å². The minimum atomic E-state index is -0.192. The lowest BCUT2D eigenvalue weighted by atomic mass is 9.70. The number of carbonyl (C=O) groups is 1. The molecule has 0 aromatic rings. The Bertz CT molecular complexity index is 284. The highest BCUT2D eigenvalue weighted by atomic mass is 16.5. The largest absolute Gasteiger partial charge is 0.395 e. The molecule has 0 bridgehead atoms. The van der Waals surface area contributed by atoms with Crippen LogP contribution in [0.25, 0.3) is 0 Å². The first-order valence-electron chi connectivity index (χ1n) is 7.08. The molecule has 2 fully saturated rings. The van der Waals surface area contributed by atoms with Gasteiger partial charge in [-0.05, 0) is 18.8 Å². The maximum Gasteiger partial charge on any atom is 0.127 e. The lowest BCUT2D eigenvalue weighted by molar-refractivity contribution is -0.123. The first-order chi connectivity index (χ1) is 8.69. The number of aliphatic hydroxyl groups excluding tert-OH is 1. The fourth-order valence-corrected chi connectivity index (χ4v) is 3.46. The van der Waals surface area contributed by atoms with Crippen LogP contribution >= 0.6 is 0 Å². The van der Waals surface area contributed by atoms with Gasteiger partial charge < -0.3 is 14.6 Å². The van der Waals surface area contributed by atoms with E-state index >= 15 is 0 Å². The van der Waals surface area contributed by atoms with Gasteiger partial charge in [-0.1, -0.05) is 19.8 Å². The van der Waals surface area contributed by atoms with Gasteiger partial charge in [0.15, 0.2) is 0 Å². The van der Waals surface area contributed by atoms with Crippen molar-refractivity contribution in [2.75, 3.05) is 32.9 Å². The van der Waals surface area contributed by atoms with E-state index in [2.05, 4.69) is 11.8 Å². The van der Waals surface area contributed by atoms with Crippen molar-refractivity contribution in [1.82, 2.24) is 4.90 Å². The topological polar surface area (TPSA) is 49.8 Å². The number of hydrogen-bond donors (Lipinski definition) is 1. The Kier molecular flexibility index (Phi) is 4.76. The monoisotopic (exact) mass is 255 g/mol. The molecule has 2 rings (SSSR count). The summed E-state index contributed by atoms with van der Waals surface area (Å²) in [5.74, 6) is 0.637. The Balaban J connectivity index is 2.01. The molecule has 0 spiro atoms. The Morgan fingerprint density at radius 1 is 1.56 bits per heavy atom. The minimum Gasteiger partial charge on any atom is -0.395 e. The summed E-state index contributed by atoms with van der Waals surface area (Å²) in [6.07, 6.45) is 5.55. The van der Waals surface area contributed by atoms with E-state index < -0.39 is 0 Å². The van der Waals surface area contributed by atoms with Crippen molar-refractivity contribution in [2.45, 2.75) is 38.6 Å². The molecular formula is C14H25NO3. The zero-order valence-electron chi connectivity index (χ0n) is 11.3. The van der Waals surface area contributed by atoms with Crippen LogP contribution in [0.1, 0.15) is 32.6 Å². The highest BCUT2D eigenvalue weighted by molar-refractivity contribution is 5.60.